The van der Waals surface area contributed by atoms with Crippen LogP contribution < -0.4 is 4.74 Å². The van der Waals surface area contributed by atoms with Crippen molar-refractivity contribution in [3.05, 3.63) is 29.8 Å². The van der Waals surface area contributed by atoms with Crippen molar-refractivity contribution in [2.45, 2.75) is 76.8 Å². The van der Waals surface area contributed by atoms with Crippen LogP contribution in [0.1, 0.15) is 70.3 Å². The zero-order valence-electron chi connectivity index (χ0n) is 14.2. The largest absolute Gasteiger partial charge is 0.497 e. The van der Waals surface area contributed by atoms with Gasteiger partial charge in [-0.3, -0.25) is 0 Å². The van der Waals surface area contributed by atoms with Crippen LogP contribution in [0.25, 0.3) is 0 Å². The minimum absolute atomic E-state index is 0.706. The normalized spacial score (nSPS) is 25.1. The molecule has 22 heavy (non-hydrogen) atoms. The molecule has 0 spiro atoms. The molecule has 2 rings (SSSR count). The van der Waals surface area contributed by atoms with E-state index >= 15 is 0 Å². The lowest BCUT2D eigenvalue weighted by atomic mass is 9.76. The standard InChI is InChI=1S/C20H31FO/c1-3-4-5-14-20(21)15-12-18(13-16-20)7-6-17-8-10-19(22-2)11-9-17/h8-11,18H,3-7,12-16H2,1-2H3/t18-,20-. The summed E-state index contributed by atoms with van der Waals surface area (Å²) in [5, 5.41) is 0. The Kier molecular flexibility index (Phi) is 6.72. The van der Waals surface area contributed by atoms with Gasteiger partial charge in [-0.1, -0.05) is 38.3 Å². The number of ether oxygens (including phenoxy) is 1. The van der Waals surface area contributed by atoms with Crippen molar-refractivity contribution in [2.24, 2.45) is 5.92 Å². The van der Waals surface area contributed by atoms with Gasteiger partial charge in [-0.25, -0.2) is 4.39 Å². The molecule has 0 amide bonds. The second-order valence-corrected chi connectivity index (χ2v) is 6.94. The maximum atomic E-state index is 14.7. The highest BCUT2D eigenvalue weighted by Gasteiger charge is 2.34. The topological polar surface area (TPSA) is 9.23 Å². The van der Waals surface area contributed by atoms with Gasteiger partial charge < -0.3 is 4.74 Å². The smallest absolute Gasteiger partial charge is 0.118 e. The van der Waals surface area contributed by atoms with E-state index in [1.165, 1.54) is 24.8 Å². The van der Waals surface area contributed by atoms with Crippen LogP contribution in [-0.2, 0) is 6.42 Å². The summed E-state index contributed by atoms with van der Waals surface area (Å²) in [6.45, 7) is 2.18. The van der Waals surface area contributed by atoms with Gasteiger partial charge in [0, 0.05) is 0 Å². The van der Waals surface area contributed by atoms with Gasteiger partial charge in [0.05, 0.1) is 7.11 Å². The van der Waals surface area contributed by atoms with E-state index in [1.807, 2.05) is 12.1 Å². The van der Waals surface area contributed by atoms with E-state index in [0.29, 0.717) is 5.92 Å². The maximum absolute atomic E-state index is 14.7. The first-order valence-corrected chi connectivity index (χ1v) is 8.97. The Balaban J connectivity index is 1.70. The van der Waals surface area contributed by atoms with Gasteiger partial charge in [0.2, 0.25) is 0 Å². The van der Waals surface area contributed by atoms with Gasteiger partial charge in [0.15, 0.2) is 0 Å². The van der Waals surface area contributed by atoms with Gasteiger partial charge in [-0.15, -0.1) is 0 Å². The van der Waals surface area contributed by atoms with E-state index in [4.69, 9.17) is 4.74 Å². The molecule has 0 aromatic heterocycles. The van der Waals surface area contributed by atoms with Crippen LogP contribution in [0.4, 0.5) is 4.39 Å². The molecule has 0 bridgehead atoms. The van der Waals surface area contributed by atoms with E-state index in [9.17, 15) is 4.39 Å². The van der Waals surface area contributed by atoms with Crippen LogP contribution in [0.15, 0.2) is 24.3 Å². The second-order valence-electron chi connectivity index (χ2n) is 6.94. The molecule has 2 heteroatoms. The minimum atomic E-state index is -0.855. The van der Waals surface area contributed by atoms with Crippen molar-refractivity contribution >= 4 is 0 Å². The van der Waals surface area contributed by atoms with Crippen LogP contribution in [0.2, 0.25) is 0 Å². The van der Waals surface area contributed by atoms with Crippen LogP contribution in [-0.4, -0.2) is 12.8 Å². The molecule has 0 heterocycles. The van der Waals surface area contributed by atoms with Gasteiger partial charge in [-0.2, -0.15) is 0 Å². The van der Waals surface area contributed by atoms with Crippen molar-refractivity contribution in [1.82, 2.24) is 0 Å². The minimum Gasteiger partial charge on any atom is -0.497 e. The first kappa shape index (κ1) is 17.3. The highest BCUT2D eigenvalue weighted by molar-refractivity contribution is 5.27. The van der Waals surface area contributed by atoms with Crippen LogP contribution in [0.5, 0.6) is 5.75 Å². The predicted molar refractivity (Wildman–Crippen MR) is 91.3 cm³/mol. The summed E-state index contributed by atoms with van der Waals surface area (Å²) in [6, 6.07) is 8.34. The third-order valence-electron chi connectivity index (χ3n) is 5.23. The molecule has 0 N–H and O–H groups in total. The molecule has 1 aliphatic carbocycles. The molecule has 0 saturated heterocycles. The van der Waals surface area contributed by atoms with Crippen LogP contribution in [0, 0.1) is 5.92 Å². The fourth-order valence-electron chi connectivity index (χ4n) is 3.59. The molecule has 1 aliphatic rings. The molecule has 1 aromatic carbocycles. The van der Waals surface area contributed by atoms with Crippen molar-refractivity contribution in [3.63, 3.8) is 0 Å². The zero-order valence-corrected chi connectivity index (χ0v) is 14.2. The summed E-state index contributed by atoms with van der Waals surface area (Å²) in [7, 11) is 1.70. The first-order chi connectivity index (χ1) is 10.6. The molecule has 0 aliphatic heterocycles. The van der Waals surface area contributed by atoms with Crippen molar-refractivity contribution in [3.8, 4) is 5.75 Å². The molecular formula is C20H31FO. The van der Waals surface area contributed by atoms with Gasteiger partial charge >= 0.3 is 0 Å². The molecule has 0 radical (unpaired) electrons. The van der Waals surface area contributed by atoms with Crippen molar-refractivity contribution in [1.29, 1.82) is 0 Å². The number of benzene rings is 1. The van der Waals surface area contributed by atoms with E-state index in [0.717, 1.165) is 50.7 Å². The summed E-state index contributed by atoms with van der Waals surface area (Å²) < 4.78 is 19.9. The molecule has 1 nitrogen and oxygen atoms in total. The fraction of sp³-hybridized carbons (Fsp3) is 0.700. The zero-order chi connectivity index (χ0) is 15.8. The van der Waals surface area contributed by atoms with E-state index in [2.05, 4.69) is 19.1 Å². The van der Waals surface area contributed by atoms with E-state index < -0.39 is 5.67 Å². The number of unbranched alkanes of at least 4 members (excludes halogenated alkanes) is 2. The highest BCUT2D eigenvalue weighted by Crippen LogP contribution is 2.40. The molecule has 1 saturated carbocycles. The Morgan fingerprint density at radius 2 is 1.82 bits per heavy atom. The lowest BCUT2D eigenvalue weighted by Gasteiger charge is -2.34. The summed E-state index contributed by atoms with van der Waals surface area (Å²) in [5.41, 5.74) is 0.507. The van der Waals surface area contributed by atoms with Crippen LogP contribution in [0.3, 0.4) is 0 Å². The lowest BCUT2D eigenvalue weighted by Crippen LogP contribution is -2.29. The number of hydrogen-bond acceptors (Lipinski definition) is 1. The Morgan fingerprint density at radius 3 is 2.41 bits per heavy atom. The lowest BCUT2D eigenvalue weighted by molar-refractivity contribution is 0.0696. The van der Waals surface area contributed by atoms with E-state index in [-0.39, 0.29) is 0 Å². The molecule has 1 aromatic rings. The average Bonchev–Trinajstić information content (AvgIpc) is 2.55. The molecule has 0 unspecified atom stereocenters. The maximum Gasteiger partial charge on any atom is 0.118 e. The second kappa shape index (κ2) is 8.55. The summed E-state index contributed by atoms with van der Waals surface area (Å²) in [5.74, 6) is 1.62. The Labute approximate surface area is 135 Å². The Hall–Kier alpha value is -1.05. The van der Waals surface area contributed by atoms with Crippen molar-refractivity contribution < 1.29 is 9.13 Å². The number of hydrogen-bond donors (Lipinski definition) is 0. The van der Waals surface area contributed by atoms with Crippen molar-refractivity contribution in [2.75, 3.05) is 7.11 Å². The number of alkyl halides is 1. The Morgan fingerprint density at radius 1 is 1.14 bits per heavy atom. The monoisotopic (exact) mass is 306 g/mol. The average molecular weight is 306 g/mol. The van der Waals surface area contributed by atoms with Gasteiger partial charge in [0.25, 0.3) is 0 Å². The summed E-state index contributed by atoms with van der Waals surface area (Å²) in [6.07, 6.45) is 10.2. The number of methoxy groups -OCH3 is 1. The predicted octanol–water partition coefficient (Wildman–Crippen LogP) is 6.11. The fourth-order valence-corrected chi connectivity index (χ4v) is 3.59. The Bertz CT molecular complexity index is 418. The number of aryl methyl sites for hydroxylation is 1. The summed E-state index contributed by atoms with van der Waals surface area (Å²) in [4.78, 5) is 0. The van der Waals surface area contributed by atoms with Gasteiger partial charge in [-0.05, 0) is 68.6 Å². The molecule has 124 valence electrons. The number of rotatable bonds is 8. The molecule has 0 atom stereocenters. The number of halogens is 1. The quantitative estimate of drug-likeness (QED) is 0.527. The van der Waals surface area contributed by atoms with Crippen LogP contribution >= 0.6 is 0 Å². The highest BCUT2D eigenvalue weighted by atomic mass is 19.1. The van der Waals surface area contributed by atoms with Gasteiger partial charge in [0.1, 0.15) is 11.4 Å². The van der Waals surface area contributed by atoms with E-state index in [1.54, 1.807) is 7.11 Å². The molecular weight excluding hydrogens is 275 g/mol. The molecule has 1 fully saturated rings. The third kappa shape index (κ3) is 5.30. The first-order valence-electron chi connectivity index (χ1n) is 8.97. The summed E-state index contributed by atoms with van der Waals surface area (Å²) >= 11 is 0. The third-order valence-corrected chi connectivity index (χ3v) is 5.23. The SMILES string of the molecule is CCCCC[C@]1(F)CC[C@H](CCc2ccc(OC)cc2)CC1.